The van der Waals surface area contributed by atoms with Gasteiger partial charge in [-0.3, -0.25) is 0 Å². The molecule has 1 saturated carbocycles. The van der Waals surface area contributed by atoms with Gasteiger partial charge in [-0.05, 0) is 31.7 Å². The molecule has 1 rings (SSSR count). The van der Waals surface area contributed by atoms with Gasteiger partial charge in [-0.1, -0.05) is 46.0 Å². The Kier molecular flexibility index (Phi) is 6.25. The molecule has 0 aromatic heterocycles. The molecule has 1 nitrogen and oxygen atoms in total. The molecule has 1 aliphatic rings. The van der Waals surface area contributed by atoms with E-state index >= 15 is 0 Å². The van der Waals surface area contributed by atoms with Crippen LogP contribution in [0.4, 0.5) is 0 Å². The molecular weight excluding hydrogens is 170 g/mol. The minimum Gasteiger partial charge on any atom is -0.314 e. The van der Waals surface area contributed by atoms with Crippen molar-refractivity contribution in [3.63, 3.8) is 0 Å². The zero-order valence-corrected chi connectivity index (χ0v) is 10.0. The largest absolute Gasteiger partial charge is 0.314 e. The highest BCUT2D eigenvalue weighted by Gasteiger charge is 2.20. The molecule has 0 radical (unpaired) electrons. The molecule has 84 valence electrons. The van der Waals surface area contributed by atoms with Crippen molar-refractivity contribution >= 4 is 0 Å². The van der Waals surface area contributed by atoms with Gasteiger partial charge < -0.3 is 5.32 Å². The topological polar surface area (TPSA) is 12.0 Å². The lowest BCUT2D eigenvalue weighted by molar-refractivity contribution is 0.451. The van der Waals surface area contributed by atoms with Crippen LogP contribution in [-0.2, 0) is 0 Å². The number of rotatable bonds is 9. The Balaban J connectivity index is 1.79. The monoisotopic (exact) mass is 197 g/mol. The smallest absolute Gasteiger partial charge is 0.00683 e. The van der Waals surface area contributed by atoms with Gasteiger partial charge in [0.2, 0.25) is 0 Å². The summed E-state index contributed by atoms with van der Waals surface area (Å²) in [6.45, 7) is 5.91. The van der Waals surface area contributed by atoms with Crippen LogP contribution in [0.2, 0.25) is 0 Å². The second kappa shape index (κ2) is 7.28. The first-order valence-electron chi connectivity index (χ1n) is 6.56. The van der Waals surface area contributed by atoms with E-state index in [4.69, 9.17) is 0 Å². The van der Waals surface area contributed by atoms with Crippen LogP contribution in [0, 0.1) is 5.92 Å². The molecule has 1 fully saturated rings. The van der Waals surface area contributed by atoms with E-state index in [1.165, 1.54) is 57.9 Å². The van der Waals surface area contributed by atoms with Crippen LogP contribution in [0.15, 0.2) is 0 Å². The Hall–Kier alpha value is -0.0400. The lowest BCUT2D eigenvalue weighted by Gasteiger charge is -2.11. The van der Waals surface area contributed by atoms with Crippen molar-refractivity contribution in [2.75, 3.05) is 6.54 Å². The summed E-state index contributed by atoms with van der Waals surface area (Å²) in [5, 5.41) is 3.61. The molecule has 1 unspecified atom stereocenters. The zero-order valence-electron chi connectivity index (χ0n) is 10.0. The first kappa shape index (κ1) is 12.0. The lowest BCUT2D eigenvalue weighted by atomic mass is 10.0. The summed E-state index contributed by atoms with van der Waals surface area (Å²) < 4.78 is 0. The van der Waals surface area contributed by atoms with Crippen molar-refractivity contribution in [2.24, 2.45) is 5.92 Å². The molecule has 1 heteroatoms. The Morgan fingerprint density at radius 2 is 1.86 bits per heavy atom. The van der Waals surface area contributed by atoms with Gasteiger partial charge in [-0.15, -0.1) is 0 Å². The first-order chi connectivity index (χ1) is 6.83. The summed E-state index contributed by atoms with van der Waals surface area (Å²) in [5.74, 6) is 0.886. The van der Waals surface area contributed by atoms with Crippen molar-refractivity contribution in [3.05, 3.63) is 0 Å². The molecule has 0 aromatic rings. The van der Waals surface area contributed by atoms with E-state index in [-0.39, 0.29) is 0 Å². The Morgan fingerprint density at radius 1 is 1.14 bits per heavy atom. The molecule has 1 aliphatic carbocycles. The summed E-state index contributed by atoms with van der Waals surface area (Å²) in [6.07, 6.45) is 11.4. The number of hydrogen-bond donors (Lipinski definition) is 1. The average Bonchev–Trinajstić information content (AvgIpc) is 2.98. The summed E-state index contributed by atoms with van der Waals surface area (Å²) in [7, 11) is 0. The van der Waals surface area contributed by atoms with Crippen molar-refractivity contribution < 1.29 is 0 Å². The zero-order chi connectivity index (χ0) is 10.2. The van der Waals surface area contributed by atoms with Gasteiger partial charge in [0.1, 0.15) is 0 Å². The van der Waals surface area contributed by atoms with E-state index in [2.05, 4.69) is 19.2 Å². The molecular formula is C13H27N. The third-order valence-corrected chi connectivity index (χ3v) is 3.13. The normalized spacial score (nSPS) is 18.4. The second-order valence-corrected chi connectivity index (χ2v) is 4.99. The van der Waals surface area contributed by atoms with E-state index in [9.17, 15) is 0 Å². The van der Waals surface area contributed by atoms with Crippen LogP contribution in [0.25, 0.3) is 0 Å². The summed E-state index contributed by atoms with van der Waals surface area (Å²) in [5.41, 5.74) is 0. The van der Waals surface area contributed by atoms with E-state index in [0.717, 1.165) is 12.0 Å². The molecule has 0 amide bonds. The van der Waals surface area contributed by atoms with E-state index < -0.39 is 0 Å². The van der Waals surface area contributed by atoms with Gasteiger partial charge in [0.25, 0.3) is 0 Å². The molecule has 1 N–H and O–H groups in total. The quantitative estimate of drug-likeness (QED) is 0.555. The van der Waals surface area contributed by atoms with Gasteiger partial charge in [0, 0.05) is 6.04 Å². The van der Waals surface area contributed by atoms with Crippen molar-refractivity contribution in [1.82, 2.24) is 5.32 Å². The fraction of sp³-hybridized carbons (Fsp3) is 1.00. The molecule has 0 bridgehead atoms. The van der Waals surface area contributed by atoms with Crippen LogP contribution < -0.4 is 5.32 Å². The SMILES string of the molecule is CCCCCCCC(C)CNC1CC1. The first-order valence-corrected chi connectivity index (χ1v) is 6.56. The van der Waals surface area contributed by atoms with Crippen LogP contribution >= 0.6 is 0 Å². The summed E-state index contributed by atoms with van der Waals surface area (Å²) >= 11 is 0. The maximum Gasteiger partial charge on any atom is 0.00683 e. The van der Waals surface area contributed by atoms with E-state index in [1.54, 1.807) is 0 Å². The molecule has 0 heterocycles. The molecule has 0 aliphatic heterocycles. The minimum absolute atomic E-state index is 0.886. The molecule has 14 heavy (non-hydrogen) atoms. The Bertz CT molecular complexity index is 129. The third-order valence-electron chi connectivity index (χ3n) is 3.13. The maximum atomic E-state index is 3.61. The van der Waals surface area contributed by atoms with Crippen molar-refractivity contribution in [1.29, 1.82) is 0 Å². The molecule has 0 saturated heterocycles. The van der Waals surface area contributed by atoms with Crippen molar-refractivity contribution in [2.45, 2.75) is 71.3 Å². The molecule has 0 aromatic carbocycles. The van der Waals surface area contributed by atoms with Gasteiger partial charge in [-0.2, -0.15) is 0 Å². The maximum absolute atomic E-state index is 3.61. The number of hydrogen-bond acceptors (Lipinski definition) is 1. The summed E-state index contributed by atoms with van der Waals surface area (Å²) in [4.78, 5) is 0. The van der Waals surface area contributed by atoms with Crippen LogP contribution in [0.5, 0.6) is 0 Å². The number of nitrogens with one attached hydrogen (secondary N) is 1. The fourth-order valence-electron chi connectivity index (χ4n) is 1.85. The minimum atomic E-state index is 0.886. The fourth-order valence-corrected chi connectivity index (χ4v) is 1.85. The van der Waals surface area contributed by atoms with E-state index in [0.29, 0.717) is 0 Å². The van der Waals surface area contributed by atoms with Gasteiger partial charge in [0.05, 0.1) is 0 Å². The second-order valence-electron chi connectivity index (χ2n) is 4.99. The highest BCUT2D eigenvalue weighted by molar-refractivity contribution is 4.81. The lowest BCUT2D eigenvalue weighted by Crippen LogP contribution is -2.23. The van der Waals surface area contributed by atoms with Crippen LogP contribution in [0.1, 0.15) is 65.2 Å². The highest BCUT2D eigenvalue weighted by Crippen LogP contribution is 2.19. The standard InChI is InChI=1S/C13H27N/c1-3-4-5-6-7-8-12(2)11-14-13-9-10-13/h12-14H,3-11H2,1-2H3. The van der Waals surface area contributed by atoms with E-state index in [1.807, 2.05) is 0 Å². The van der Waals surface area contributed by atoms with Crippen LogP contribution in [0.3, 0.4) is 0 Å². The van der Waals surface area contributed by atoms with Gasteiger partial charge >= 0.3 is 0 Å². The molecule has 1 atom stereocenters. The molecule has 0 spiro atoms. The van der Waals surface area contributed by atoms with Gasteiger partial charge in [0.15, 0.2) is 0 Å². The van der Waals surface area contributed by atoms with Crippen LogP contribution in [-0.4, -0.2) is 12.6 Å². The Morgan fingerprint density at radius 3 is 2.50 bits per heavy atom. The Labute approximate surface area is 89.7 Å². The average molecular weight is 197 g/mol. The predicted octanol–water partition coefficient (Wildman–Crippen LogP) is 3.74. The van der Waals surface area contributed by atoms with Crippen molar-refractivity contribution in [3.8, 4) is 0 Å². The predicted molar refractivity (Wildman–Crippen MR) is 63.6 cm³/mol. The third kappa shape index (κ3) is 6.42. The summed E-state index contributed by atoms with van der Waals surface area (Å²) in [6, 6.07) is 0.887. The highest BCUT2D eigenvalue weighted by atomic mass is 14.9. The van der Waals surface area contributed by atoms with Gasteiger partial charge in [-0.25, -0.2) is 0 Å². The number of unbranched alkanes of at least 4 members (excludes halogenated alkanes) is 4.